The van der Waals surface area contributed by atoms with Gasteiger partial charge < -0.3 is 28.1 Å². The van der Waals surface area contributed by atoms with E-state index in [-0.39, 0.29) is 12.1 Å². The number of nitrogens with one attached hydrogen (secondary N) is 1. The third-order valence-electron chi connectivity index (χ3n) is 2.78. The van der Waals surface area contributed by atoms with Gasteiger partial charge >= 0.3 is 13.0 Å². The van der Waals surface area contributed by atoms with Crippen LogP contribution in [0.2, 0.25) is 0 Å². The van der Waals surface area contributed by atoms with Crippen molar-refractivity contribution in [3.63, 3.8) is 0 Å². The van der Waals surface area contributed by atoms with E-state index >= 15 is 0 Å². The molecule has 0 aliphatic carbocycles. The lowest BCUT2D eigenvalue weighted by Gasteiger charge is -2.38. The maximum atomic E-state index is 12.2. The minimum atomic E-state index is -4.76. The summed E-state index contributed by atoms with van der Waals surface area (Å²) in [7, 11) is 0. The molecule has 0 saturated carbocycles. The Labute approximate surface area is 85.5 Å². The van der Waals surface area contributed by atoms with Gasteiger partial charge in [0.1, 0.15) is 0 Å². The Morgan fingerprint density at radius 1 is 1.40 bits per heavy atom. The molecule has 0 aromatic rings. The van der Waals surface area contributed by atoms with Gasteiger partial charge in [-0.25, -0.2) is 4.79 Å². The lowest BCUT2D eigenvalue weighted by molar-refractivity contribution is 0.127. The van der Waals surface area contributed by atoms with Gasteiger partial charge in [-0.2, -0.15) is 0 Å². The Morgan fingerprint density at radius 3 is 2.80 bits per heavy atom. The molecular formula is C7H12BF3N3O-. The molecule has 1 atom stereocenters. The highest BCUT2D eigenvalue weighted by Crippen LogP contribution is 2.17. The SMILES string of the molecule is O=C1NCC2CN(C[B-](F)(F)F)CCN12. The standard InChI is InChI=1S/C7H12BF3N3O/c9-8(10,11)5-13-1-2-14-6(4-13)3-12-7(14)15/h6H,1-5H2,(H,12,15)/q-1. The number of rotatable bonds is 2. The number of urea groups is 1. The largest absolute Gasteiger partial charge is 0.492 e. The average Bonchev–Trinajstić information content (AvgIpc) is 2.45. The van der Waals surface area contributed by atoms with Crippen molar-refractivity contribution in [3.05, 3.63) is 0 Å². The zero-order chi connectivity index (χ0) is 11.1. The highest BCUT2D eigenvalue weighted by Gasteiger charge is 2.37. The van der Waals surface area contributed by atoms with Gasteiger partial charge in [0.15, 0.2) is 0 Å². The van der Waals surface area contributed by atoms with Crippen molar-refractivity contribution >= 4 is 13.0 Å². The third-order valence-corrected chi connectivity index (χ3v) is 2.78. The topological polar surface area (TPSA) is 35.6 Å². The summed E-state index contributed by atoms with van der Waals surface area (Å²) in [6, 6.07) is -0.249. The fourth-order valence-corrected chi connectivity index (χ4v) is 2.13. The van der Waals surface area contributed by atoms with E-state index in [4.69, 9.17) is 0 Å². The van der Waals surface area contributed by atoms with Gasteiger partial charge in [0.25, 0.3) is 0 Å². The first kappa shape index (κ1) is 10.6. The summed E-state index contributed by atoms with van der Waals surface area (Å²) >= 11 is 0. The first-order valence-corrected chi connectivity index (χ1v) is 4.93. The molecule has 2 saturated heterocycles. The summed E-state index contributed by atoms with van der Waals surface area (Å²) in [6.07, 6.45) is -0.821. The summed E-state index contributed by atoms with van der Waals surface area (Å²) in [4.78, 5) is 14.2. The van der Waals surface area contributed by atoms with Crippen LogP contribution in [0.4, 0.5) is 17.7 Å². The van der Waals surface area contributed by atoms with Crippen molar-refractivity contribution in [3.8, 4) is 0 Å². The molecule has 0 aromatic carbocycles. The minimum absolute atomic E-state index is 0.0931. The number of carbonyl (C=O) groups excluding carboxylic acids is 1. The number of halogens is 3. The van der Waals surface area contributed by atoms with E-state index in [1.807, 2.05) is 0 Å². The van der Waals surface area contributed by atoms with Crippen LogP contribution in [0, 0.1) is 0 Å². The molecular weight excluding hydrogens is 210 g/mol. The number of amides is 2. The monoisotopic (exact) mass is 222 g/mol. The van der Waals surface area contributed by atoms with Gasteiger partial charge in [0, 0.05) is 26.2 Å². The van der Waals surface area contributed by atoms with E-state index in [0.717, 1.165) is 0 Å². The summed E-state index contributed by atoms with van der Waals surface area (Å²) in [5.74, 6) is 0. The van der Waals surface area contributed by atoms with E-state index in [1.54, 1.807) is 4.90 Å². The number of fused-ring (bicyclic) bond motifs is 1. The predicted octanol–water partition coefficient (Wildman–Crippen LogP) is 0.0824. The van der Waals surface area contributed by atoms with E-state index in [9.17, 15) is 17.7 Å². The molecule has 86 valence electrons. The molecule has 8 heteroatoms. The first-order valence-electron chi connectivity index (χ1n) is 4.93. The van der Waals surface area contributed by atoms with E-state index in [1.165, 1.54) is 4.90 Å². The highest BCUT2D eigenvalue weighted by molar-refractivity contribution is 6.58. The van der Waals surface area contributed by atoms with Gasteiger partial charge in [0.2, 0.25) is 0 Å². The molecule has 2 fully saturated rings. The fraction of sp³-hybridized carbons (Fsp3) is 0.857. The van der Waals surface area contributed by atoms with Gasteiger partial charge in [0.05, 0.1) is 6.04 Å². The van der Waals surface area contributed by atoms with Crippen LogP contribution in [0.25, 0.3) is 0 Å². The molecule has 1 N–H and O–H groups in total. The molecule has 4 nitrogen and oxygen atoms in total. The highest BCUT2D eigenvalue weighted by atomic mass is 19.4. The second-order valence-electron chi connectivity index (χ2n) is 4.00. The van der Waals surface area contributed by atoms with Crippen molar-refractivity contribution in [1.29, 1.82) is 0 Å². The van der Waals surface area contributed by atoms with Crippen LogP contribution >= 0.6 is 0 Å². The second-order valence-corrected chi connectivity index (χ2v) is 4.00. The molecule has 2 rings (SSSR count). The molecule has 0 aromatic heterocycles. The van der Waals surface area contributed by atoms with Crippen LogP contribution < -0.4 is 5.32 Å². The predicted molar refractivity (Wildman–Crippen MR) is 49.4 cm³/mol. The molecule has 0 radical (unpaired) electrons. The lowest BCUT2D eigenvalue weighted by Crippen LogP contribution is -2.54. The fourth-order valence-electron chi connectivity index (χ4n) is 2.13. The average molecular weight is 222 g/mol. The minimum Gasteiger partial charge on any atom is -0.448 e. The van der Waals surface area contributed by atoms with Crippen molar-refractivity contribution in [2.75, 3.05) is 32.6 Å². The summed E-state index contributed by atoms with van der Waals surface area (Å²) in [6.45, 7) is -3.28. The number of carbonyl (C=O) groups is 1. The van der Waals surface area contributed by atoms with Gasteiger partial charge in [-0.3, -0.25) is 0 Å². The van der Waals surface area contributed by atoms with Crippen LogP contribution in [0.15, 0.2) is 0 Å². The molecule has 2 aliphatic rings. The summed E-state index contributed by atoms with van der Waals surface area (Å²) in [5.41, 5.74) is 0. The normalized spacial score (nSPS) is 27.8. The molecule has 1 unspecified atom stereocenters. The van der Waals surface area contributed by atoms with Crippen molar-refractivity contribution in [1.82, 2.24) is 15.1 Å². The Bertz CT molecular complexity index is 273. The van der Waals surface area contributed by atoms with Crippen LogP contribution in [-0.4, -0.2) is 61.5 Å². The molecule has 0 spiro atoms. The Balaban J connectivity index is 1.91. The van der Waals surface area contributed by atoms with Crippen LogP contribution in [0.1, 0.15) is 0 Å². The maximum absolute atomic E-state index is 12.2. The Morgan fingerprint density at radius 2 is 2.13 bits per heavy atom. The Hall–Kier alpha value is -0.915. The number of piperazine rings is 1. The van der Waals surface area contributed by atoms with E-state index in [0.29, 0.717) is 26.2 Å². The maximum Gasteiger partial charge on any atom is 0.492 e. The smallest absolute Gasteiger partial charge is 0.448 e. The number of hydrogen-bond acceptors (Lipinski definition) is 2. The van der Waals surface area contributed by atoms with E-state index in [2.05, 4.69) is 5.32 Å². The lowest BCUT2D eigenvalue weighted by atomic mass is 9.90. The van der Waals surface area contributed by atoms with Crippen molar-refractivity contribution in [2.45, 2.75) is 6.04 Å². The zero-order valence-electron chi connectivity index (χ0n) is 8.13. The van der Waals surface area contributed by atoms with Gasteiger partial charge in [-0.1, -0.05) is 0 Å². The zero-order valence-corrected chi connectivity index (χ0v) is 8.13. The molecule has 15 heavy (non-hydrogen) atoms. The third kappa shape index (κ3) is 2.36. The van der Waals surface area contributed by atoms with Crippen LogP contribution in [0.3, 0.4) is 0 Å². The van der Waals surface area contributed by atoms with Crippen LogP contribution in [0.5, 0.6) is 0 Å². The molecule has 2 heterocycles. The molecule has 2 amide bonds. The molecule has 0 bridgehead atoms. The summed E-state index contributed by atoms with van der Waals surface area (Å²) < 4.78 is 36.6. The number of nitrogens with zero attached hydrogens (tertiary/aromatic N) is 2. The van der Waals surface area contributed by atoms with Gasteiger partial charge in [-0.05, 0) is 6.44 Å². The number of hydrogen-bond donors (Lipinski definition) is 1. The van der Waals surface area contributed by atoms with Crippen LogP contribution in [-0.2, 0) is 0 Å². The Kier molecular flexibility index (Phi) is 2.53. The van der Waals surface area contributed by atoms with E-state index < -0.39 is 13.4 Å². The van der Waals surface area contributed by atoms with Gasteiger partial charge in [-0.15, -0.1) is 0 Å². The van der Waals surface area contributed by atoms with Crippen molar-refractivity contribution in [2.24, 2.45) is 0 Å². The molecule has 2 aliphatic heterocycles. The van der Waals surface area contributed by atoms with Crippen molar-refractivity contribution < 1.29 is 17.7 Å². The second kappa shape index (κ2) is 3.59. The first-order chi connectivity index (χ1) is 6.96. The summed E-state index contributed by atoms with van der Waals surface area (Å²) in [5, 5.41) is 2.63. The quantitative estimate of drug-likeness (QED) is 0.671.